The van der Waals surface area contributed by atoms with Crippen molar-refractivity contribution < 1.29 is 9.90 Å². The quantitative estimate of drug-likeness (QED) is 0.771. The molecule has 0 bridgehead atoms. The van der Waals surface area contributed by atoms with Crippen molar-refractivity contribution in [3.05, 3.63) is 21.9 Å². The van der Waals surface area contributed by atoms with Crippen molar-refractivity contribution >= 4 is 17.3 Å². The van der Waals surface area contributed by atoms with E-state index in [0.717, 1.165) is 25.7 Å². The van der Waals surface area contributed by atoms with Crippen LogP contribution in [0.2, 0.25) is 0 Å². The van der Waals surface area contributed by atoms with E-state index in [1.807, 2.05) is 11.3 Å². The zero-order valence-electron chi connectivity index (χ0n) is 11.0. The molecule has 0 fully saturated rings. The Morgan fingerprint density at radius 3 is 2.47 bits per heavy atom. The molecule has 1 heterocycles. The average Bonchev–Trinajstić information content (AvgIpc) is 2.64. The Labute approximate surface area is 108 Å². The van der Waals surface area contributed by atoms with Gasteiger partial charge in [0.25, 0.3) is 0 Å². The van der Waals surface area contributed by atoms with Gasteiger partial charge < -0.3 is 5.11 Å². The first-order valence-electron chi connectivity index (χ1n) is 6.20. The number of thiophene rings is 1. The second-order valence-corrected chi connectivity index (χ2v) is 6.64. The summed E-state index contributed by atoms with van der Waals surface area (Å²) in [6.45, 7) is 6.69. The van der Waals surface area contributed by atoms with Crippen LogP contribution < -0.4 is 0 Å². The van der Waals surface area contributed by atoms with E-state index in [4.69, 9.17) is 5.11 Å². The van der Waals surface area contributed by atoms with Crippen LogP contribution in [0.1, 0.15) is 56.2 Å². The fourth-order valence-electron chi connectivity index (χ4n) is 1.67. The maximum absolute atomic E-state index is 10.3. The standard InChI is InChI=1S/C14H22O2S/c1-14(2,3)12-10-9-11(17-12)7-5-4-6-8-13(15)16/h9-10H,4-8H2,1-3H3,(H,15,16). The number of carbonyl (C=O) groups is 1. The number of aliphatic carboxylic acids is 1. The van der Waals surface area contributed by atoms with Gasteiger partial charge in [0.1, 0.15) is 0 Å². The van der Waals surface area contributed by atoms with Crippen LogP contribution in [0.4, 0.5) is 0 Å². The third kappa shape index (κ3) is 5.35. The molecule has 0 unspecified atom stereocenters. The first-order chi connectivity index (χ1) is 7.89. The van der Waals surface area contributed by atoms with Gasteiger partial charge in [0.05, 0.1) is 0 Å². The zero-order chi connectivity index (χ0) is 12.9. The second kappa shape index (κ2) is 6.20. The van der Waals surface area contributed by atoms with E-state index in [9.17, 15) is 4.79 Å². The van der Waals surface area contributed by atoms with Crippen molar-refractivity contribution in [1.29, 1.82) is 0 Å². The van der Waals surface area contributed by atoms with Gasteiger partial charge >= 0.3 is 5.97 Å². The van der Waals surface area contributed by atoms with Crippen molar-refractivity contribution in [3.8, 4) is 0 Å². The Hall–Kier alpha value is -0.830. The van der Waals surface area contributed by atoms with Crippen LogP contribution in [0, 0.1) is 0 Å². The van der Waals surface area contributed by atoms with Crippen LogP contribution >= 0.6 is 11.3 Å². The number of hydrogen-bond acceptors (Lipinski definition) is 2. The number of rotatable bonds is 6. The summed E-state index contributed by atoms with van der Waals surface area (Å²) in [5, 5.41) is 8.52. The van der Waals surface area contributed by atoms with Crippen molar-refractivity contribution in [2.45, 2.75) is 58.3 Å². The molecule has 1 aromatic heterocycles. The van der Waals surface area contributed by atoms with Crippen LogP contribution in [0.3, 0.4) is 0 Å². The topological polar surface area (TPSA) is 37.3 Å². The zero-order valence-corrected chi connectivity index (χ0v) is 11.8. The van der Waals surface area contributed by atoms with Crippen LogP contribution in [0.25, 0.3) is 0 Å². The molecular weight excluding hydrogens is 232 g/mol. The molecule has 0 radical (unpaired) electrons. The first kappa shape index (κ1) is 14.2. The molecule has 1 aromatic rings. The van der Waals surface area contributed by atoms with Gasteiger partial charge in [-0.25, -0.2) is 0 Å². The van der Waals surface area contributed by atoms with Crippen LogP contribution in [-0.2, 0) is 16.6 Å². The molecule has 17 heavy (non-hydrogen) atoms. The highest BCUT2D eigenvalue weighted by Crippen LogP contribution is 2.30. The minimum atomic E-state index is -0.684. The smallest absolute Gasteiger partial charge is 0.303 e. The van der Waals surface area contributed by atoms with Gasteiger partial charge in [-0.1, -0.05) is 27.2 Å². The molecule has 0 saturated heterocycles. The van der Waals surface area contributed by atoms with Gasteiger partial charge in [-0.05, 0) is 36.8 Å². The number of hydrogen-bond donors (Lipinski definition) is 1. The van der Waals surface area contributed by atoms with E-state index < -0.39 is 5.97 Å². The summed E-state index contributed by atoms with van der Waals surface area (Å²) in [6.07, 6.45) is 4.29. The monoisotopic (exact) mass is 254 g/mol. The molecule has 1 rings (SSSR count). The summed E-state index contributed by atoms with van der Waals surface area (Å²) >= 11 is 1.89. The van der Waals surface area contributed by atoms with Crippen molar-refractivity contribution in [1.82, 2.24) is 0 Å². The highest BCUT2D eigenvalue weighted by molar-refractivity contribution is 7.12. The summed E-state index contributed by atoms with van der Waals surface area (Å²) in [5.74, 6) is -0.684. The predicted molar refractivity (Wildman–Crippen MR) is 72.8 cm³/mol. The highest BCUT2D eigenvalue weighted by atomic mass is 32.1. The Kier molecular flexibility index (Phi) is 5.19. The molecule has 0 spiro atoms. The van der Waals surface area contributed by atoms with Gasteiger partial charge in [-0.15, -0.1) is 11.3 Å². The van der Waals surface area contributed by atoms with E-state index in [-0.39, 0.29) is 5.41 Å². The summed E-state index contributed by atoms with van der Waals surface area (Å²) in [7, 11) is 0. The average molecular weight is 254 g/mol. The van der Waals surface area contributed by atoms with Gasteiger partial charge in [-0.3, -0.25) is 4.79 Å². The van der Waals surface area contributed by atoms with Gasteiger partial charge in [0.15, 0.2) is 0 Å². The van der Waals surface area contributed by atoms with Crippen LogP contribution in [0.15, 0.2) is 12.1 Å². The molecular formula is C14H22O2S. The Bertz CT molecular complexity index is 361. The molecule has 0 atom stereocenters. The number of carboxylic acid groups (broad SMARTS) is 1. The predicted octanol–water partition coefficient (Wildman–Crippen LogP) is 4.23. The lowest BCUT2D eigenvalue weighted by Crippen LogP contribution is -2.07. The SMILES string of the molecule is CC(C)(C)c1ccc(CCCCCC(=O)O)s1. The van der Waals surface area contributed by atoms with E-state index >= 15 is 0 Å². The molecule has 0 saturated carbocycles. The molecule has 2 nitrogen and oxygen atoms in total. The van der Waals surface area contributed by atoms with Gasteiger partial charge in [-0.2, -0.15) is 0 Å². The molecule has 0 amide bonds. The van der Waals surface area contributed by atoms with Gasteiger partial charge in [0, 0.05) is 16.2 Å². The number of carboxylic acids is 1. The van der Waals surface area contributed by atoms with E-state index in [2.05, 4.69) is 32.9 Å². The fourth-order valence-corrected chi connectivity index (χ4v) is 2.77. The maximum Gasteiger partial charge on any atom is 0.303 e. The molecule has 0 aromatic carbocycles. The summed E-state index contributed by atoms with van der Waals surface area (Å²) in [5.41, 5.74) is 0.242. The van der Waals surface area contributed by atoms with Crippen LogP contribution in [-0.4, -0.2) is 11.1 Å². The Balaban J connectivity index is 2.28. The molecule has 3 heteroatoms. The van der Waals surface area contributed by atoms with Crippen molar-refractivity contribution in [2.75, 3.05) is 0 Å². The summed E-state index contributed by atoms with van der Waals surface area (Å²) in [6, 6.07) is 4.43. The van der Waals surface area contributed by atoms with E-state index in [1.54, 1.807) is 0 Å². The summed E-state index contributed by atoms with van der Waals surface area (Å²) in [4.78, 5) is 13.2. The Morgan fingerprint density at radius 1 is 1.24 bits per heavy atom. The maximum atomic E-state index is 10.3. The molecule has 1 N–H and O–H groups in total. The lowest BCUT2D eigenvalue weighted by atomic mass is 9.95. The minimum absolute atomic E-state index is 0.242. The van der Waals surface area contributed by atoms with Gasteiger partial charge in [0.2, 0.25) is 0 Å². The van der Waals surface area contributed by atoms with Crippen molar-refractivity contribution in [2.24, 2.45) is 0 Å². The van der Waals surface area contributed by atoms with E-state index in [1.165, 1.54) is 9.75 Å². The molecule has 0 aliphatic rings. The lowest BCUT2D eigenvalue weighted by molar-refractivity contribution is -0.137. The largest absolute Gasteiger partial charge is 0.481 e. The third-order valence-electron chi connectivity index (χ3n) is 2.71. The summed E-state index contributed by atoms with van der Waals surface area (Å²) < 4.78 is 0. The minimum Gasteiger partial charge on any atom is -0.481 e. The lowest BCUT2D eigenvalue weighted by Gasteiger charge is -2.15. The molecule has 0 aliphatic carbocycles. The third-order valence-corrected chi connectivity index (χ3v) is 4.29. The fraction of sp³-hybridized carbons (Fsp3) is 0.643. The highest BCUT2D eigenvalue weighted by Gasteiger charge is 2.15. The Morgan fingerprint density at radius 2 is 1.94 bits per heavy atom. The molecule has 0 aliphatic heterocycles. The number of unbranched alkanes of at least 4 members (excludes halogenated alkanes) is 2. The van der Waals surface area contributed by atoms with Crippen molar-refractivity contribution in [3.63, 3.8) is 0 Å². The molecule has 96 valence electrons. The van der Waals surface area contributed by atoms with Crippen LogP contribution in [0.5, 0.6) is 0 Å². The first-order valence-corrected chi connectivity index (χ1v) is 7.02. The van der Waals surface area contributed by atoms with E-state index in [0.29, 0.717) is 6.42 Å². The number of aryl methyl sites for hydroxylation is 1. The normalized spacial score (nSPS) is 11.7. The second-order valence-electron chi connectivity index (χ2n) is 5.47.